The van der Waals surface area contributed by atoms with Gasteiger partial charge < -0.3 is 35.8 Å². The fraction of sp³-hybridized carbons (Fsp3) is 0.333. The lowest BCUT2D eigenvalue weighted by atomic mass is 10.1. The molecule has 18 heteroatoms. The van der Waals surface area contributed by atoms with Crippen molar-refractivity contribution in [2.75, 3.05) is 31.4 Å². The number of nitrogens with zero attached hydrogens (tertiary/aromatic N) is 7. The van der Waals surface area contributed by atoms with Crippen molar-refractivity contribution in [3.63, 3.8) is 0 Å². The lowest BCUT2D eigenvalue weighted by Gasteiger charge is -2.27. The van der Waals surface area contributed by atoms with Gasteiger partial charge in [0.25, 0.3) is 11.8 Å². The number of hydrogen-bond acceptors (Lipinski definition) is 11. The summed E-state index contributed by atoms with van der Waals surface area (Å²) in [5.74, 6) is -1.93. The Morgan fingerprint density at radius 3 is 1.80 bits per heavy atom. The molecule has 284 valence electrons. The number of allylic oxidation sites excluding steroid dienone is 1. The molecule has 0 unspecified atom stereocenters. The normalized spacial score (nSPS) is 13.3. The minimum atomic E-state index is -0.705. The summed E-state index contributed by atoms with van der Waals surface area (Å²) in [6.45, 7) is 8.13. The van der Waals surface area contributed by atoms with Crippen LogP contribution in [-0.4, -0.2) is 91.2 Å². The molecule has 2 atom stereocenters. The van der Waals surface area contributed by atoms with Gasteiger partial charge in [0.05, 0.1) is 40.9 Å². The van der Waals surface area contributed by atoms with Crippen molar-refractivity contribution < 1.29 is 28.7 Å². The average molecular weight is 741 g/mol. The maximum absolute atomic E-state index is 13.6. The van der Waals surface area contributed by atoms with E-state index in [4.69, 9.17) is 26.7 Å². The molecule has 0 bridgehead atoms. The van der Waals surface area contributed by atoms with Crippen molar-refractivity contribution in [1.82, 2.24) is 28.9 Å². The summed E-state index contributed by atoms with van der Waals surface area (Å²) >= 11 is 0. The Morgan fingerprint density at radius 1 is 0.833 bits per heavy atom. The first-order chi connectivity index (χ1) is 25.8. The van der Waals surface area contributed by atoms with Gasteiger partial charge in [-0.3, -0.25) is 39.5 Å². The highest BCUT2D eigenvalue weighted by Gasteiger charge is 2.28. The predicted octanol–water partition coefficient (Wildman–Crippen LogP) is 2.35. The number of benzene rings is 2. The summed E-state index contributed by atoms with van der Waals surface area (Å²) in [6, 6.07) is 11.3. The second kappa shape index (κ2) is 16.5. The number of hydrogen-bond donors (Lipinski definition) is 5. The van der Waals surface area contributed by atoms with Gasteiger partial charge in [0.15, 0.2) is 0 Å². The van der Waals surface area contributed by atoms with E-state index in [0.29, 0.717) is 52.2 Å². The molecular weight excluding hydrogens is 696 g/mol. The molecule has 18 nitrogen and oxygen atoms in total. The fourth-order valence-corrected chi connectivity index (χ4v) is 6.04. The van der Waals surface area contributed by atoms with Crippen molar-refractivity contribution in [2.45, 2.75) is 59.5 Å². The van der Waals surface area contributed by atoms with E-state index in [0.717, 1.165) is 0 Å². The minimum absolute atomic E-state index is 0.0954. The number of methoxy groups -OCH3 is 2. The van der Waals surface area contributed by atoms with Crippen LogP contribution >= 0.6 is 0 Å². The Balaban J connectivity index is 1.55. The Bertz CT molecular complexity index is 2300. The van der Waals surface area contributed by atoms with E-state index in [2.05, 4.69) is 30.7 Å². The van der Waals surface area contributed by atoms with E-state index in [9.17, 15) is 19.2 Å². The number of anilines is 2. The minimum Gasteiger partial charge on any atom is -0.402 e. The van der Waals surface area contributed by atoms with E-state index in [-0.39, 0.29) is 41.8 Å². The van der Waals surface area contributed by atoms with E-state index in [1.807, 2.05) is 6.92 Å². The molecule has 0 aliphatic rings. The maximum Gasteiger partial charge on any atom is 0.276 e. The number of fused-ring (bicyclic) bond motifs is 2. The first-order valence-corrected chi connectivity index (χ1v) is 17.1. The maximum atomic E-state index is 13.6. The molecule has 0 aliphatic heterocycles. The van der Waals surface area contributed by atoms with Crippen molar-refractivity contribution >= 4 is 63.3 Å². The molecule has 3 heterocycles. The lowest BCUT2D eigenvalue weighted by Crippen LogP contribution is -2.38. The van der Waals surface area contributed by atoms with Crippen LogP contribution in [0.3, 0.4) is 0 Å². The number of carbonyl (C=O) groups is 4. The van der Waals surface area contributed by atoms with E-state index >= 15 is 0 Å². The number of amides is 4. The van der Waals surface area contributed by atoms with Crippen LogP contribution in [0.2, 0.25) is 0 Å². The number of nitrogens with two attached hydrogens (primary N) is 3. The molecule has 0 aliphatic carbocycles. The summed E-state index contributed by atoms with van der Waals surface area (Å²) < 4.78 is 17.1. The predicted molar refractivity (Wildman–Crippen MR) is 203 cm³/mol. The highest BCUT2D eigenvalue weighted by molar-refractivity contribution is 6.47. The van der Waals surface area contributed by atoms with Crippen LogP contribution in [-0.2, 0) is 33.9 Å². The number of aromatic nitrogens is 6. The van der Waals surface area contributed by atoms with Gasteiger partial charge in [0, 0.05) is 44.1 Å². The van der Waals surface area contributed by atoms with Crippen LogP contribution < -0.4 is 27.8 Å². The second-order valence-corrected chi connectivity index (χ2v) is 12.4. The Hall–Kier alpha value is -6.40. The largest absolute Gasteiger partial charge is 0.402 e. The van der Waals surface area contributed by atoms with Crippen molar-refractivity contribution in [3.05, 3.63) is 76.8 Å². The monoisotopic (exact) mass is 740 g/mol. The van der Waals surface area contributed by atoms with E-state index in [1.165, 1.54) is 26.4 Å². The number of aliphatic imine (C=N–C) groups is 1. The first-order valence-electron chi connectivity index (χ1n) is 17.1. The molecule has 0 fully saturated rings. The molecule has 5 rings (SSSR count). The molecule has 4 amide bonds. The standard InChI is InChI=1S/C36H44N12O6/c1-7-40-25(13-19(3)37)33(51)43-35-41-23-15-21(31(38)49)9-11-26(23)46(35)17-29(53-5)30(54-6)18-47-27-12-10-22(32(39)50)16-24(27)42-36(47)44-34(52)28-14-20(4)45-48(28)8-2/h9-16,29-30H,7-8,17-18,37H2,1-6H3,(H2,38,49)(H2,39,50)(H,41,43,51)(H,42,44,52)/t29-,30-/m1/s1. The highest BCUT2D eigenvalue weighted by Crippen LogP contribution is 2.27. The van der Waals surface area contributed by atoms with Gasteiger partial charge >= 0.3 is 0 Å². The fourth-order valence-electron chi connectivity index (χ4n) is 6.04. The molecule has 0 spiro atoms. The third-order valence-electron chi connectivity index (χ3n) is 8.62. The molecule has 54 heavy (non-hydrogen) atoms. The van der Waals surface area contributed by atoms with Crippen molar-refractivity contribution in [2.24, 2.45) is 22.2 Å². The number of nitrogens with one attached hydrogen (secondary N) is 2. The Morgan fingerprint density at radius 2 is 1.35 bits per heavy atom. The average Bonchev–Trinajstić information content (AvgIpc) is 3.80. The molecular formula is C36H44N12O6. The van der Waals surface area contributed by atoms with Gasteiger partial charge in [-0.1, -0.05) is 0 Å². The Labute approximate surface area is 310 Å². The Kier molecular flexibility index (Phi) is 11.9. The molecule has 0 saturated carbocycles. The summed E-state index contributed by atoms with van der Waals surface area (Å²) in [7, 11) is 3.03. The van der Waals surface area contributed by atoms with Crippen molar-refractivity contribution in [3.8, 4) is 0 Å². The van der Waals surface area contributed by atoms with Gasteiger partial charge in [-0.2, -0.15) is 5.10 Å². The molecule has 0 saturated heterocycles. The van der Waals surface area contributed by atoms with E-state index < -0.39 is 35.8 Å². The van der Waals surface area contributed by atoms with Gasteiger partial charge in [-0.15, -0.1) is 0 Å². The number of carbonyl (C=O) groups excluding carboxylic acids is 4. The quantitative estimate of drug-likeness (QED) is 0.0923. The highest BCUT2D eigenvalue weighted by atomic mass is 16.5. The number of primary amides is 2. The summed E-state index contributed by atoms with van der Waals surface area (Å²) in [5.41, 5.74) is 20.9. The zero-order valence-corrected chi connectivity index (χ0v) is 30.9. The van der Waals surface area contributed by atoms with Gasteiger partial charge in [-0.25, -0.2) is 9.97 Å². The van der Waals surface area contributed by atoms with Crippen LogP contribution in [0.25, 0.3) is 22.1 Å². The van der Waals surface area contributed by atoms with Gasteiger partial charge in [0.1, 0.15) is 23.6 Å². The van der Waals surface area contributed by atoms with Crippen LogP contribution in [0.15, 0.2) is 59.2 Å². The molecule has 3 aromatic heterocycles. The molecule has 2 aromatic carbocycles. The van der Waals surface area contributed by atoms with Crippen LogP contribution in [0.1, 0.15) is 57.7 Å². The first kappa shape index (κ1) is 38.8. The third-order valence-corrected chi connectivity index (χ3v) is 8.62. The topological polar surface area (TPSA) is 255 Å². The third kappa shape index (κ3) is 8.29. The van der Waals surface area contributed by atoms with Gasteiger partial charge in [0.2, 0.25) is 23.7 Å². The molecule has 8 N–H and O–H groups in total. The number of imidazole rings is 2. The van der Waals surface area contributed by atoms with Crippen LogP contribution in [0.5, 0.6) is 0 Å². The summed E-state index contributed by atoms with van der Waals surface area (Å²) in [6.07, 6.45) is 0.0582. The van der Waals surface area contributed by atoms with Crippen LogP contribution in [0.4, 0.5) is 11.9 Å². The zero-order chi connectivity index (χ0) is 39.3. The molecule has 0 radical (unpaired) electrons. The zero-order valence-electron chi connectivity index (χ0n) is 30.9. The SMILES string of the molecule is CCN=C(C=C(C)N)C(=O)Nc1nc2cc(C(N)=O)ccc2n1C[C@@H](OC)[C@@H](Cn1c(NC(=O)c2cc(C)nn2CC)nc2cc(C(N)=O)ccc21)OC. The molecule has 5 aromatic rings. The second-order valence-electron chi connectivity index (χ2n) is 12.4. The number of ether oxygens (including phenoxy) is 2. The van der Waals surface area contributed by atoms with Crippen LogP contribution in [0, 0.1) is 6.92 Å². The van der Waals surface area contributed by atoms with Crippen molar-refractivity contribution in [1.29, 1.82) is 0 Å². The summed E-state index contributed by atoms with van der Waals surface area (Å²) in [5, 5.41) is 10.1. The van der Waals surface area contributed by atoms with E-state index in [1.54, 1.807) is 71.0 Å². The summed E-state index contributed by atoms with van der Waals surface area (Å²) in [4.78, 5) is 64.7. The van der Waals surface area contributed by atoms with Gasteiger partial charge in [-0.05, 0) is 76.2 Å². The smallest absolute Gasteiger partial charge is 0.276 e. The number of aryl methyl sites for hydroxylation is 2. The number of rotatable bonds is 16. The lowest BCUT2D eigenvalue weighted by molar-refractivity contribution is -0.110.